The molecule has 3 aromatic rings. The number of nitrogens with one attached hydrogen (secondary N) is 2. The van der Waals surface area contributed by atoms with Crippen LogP contribution in [0.2, 0.25) is 0 Å². The van der Waals surface area contributed by atoms with Crippen LogP contribution in [-0.2, 0) is 14.8 Å². The molecule has 2 heterocycles. The van der Waals surface area contributed by atoms with E-state index in [1.807, 2.05) is 0 Å². The van der Waals surface area contributed by atoms with Crippen molar-refractivity contribution in [3.63, 3.8) is 0 Å². The summed E-state index contributed by atoms with van der Waals surface area (Å²) in [7, 11) is -4.00. The molecule has 0 saturated heterocycles. The topological polar surface area (TPSA) is 117 Å². The normalized spacial score (nSPS) is 18.8. The van der Waals surface area contributed by atoms with Crippen molar-refractivity contribution in [2.75, 3.05) is 18.4 Å². The number of halogens is 2. The van der Waals surface area contributed by atoms with E-state index in [0.29, 0.717) is 33.7 Å². The number of carbonyl (C=O) groups is 1. The number of aliphatic imine (C=N–C) groups is 1. The molecule has 1 amide bonds. The lowest BCUT2D eigenvalue weighted by atomic mass is 9.90. The Morgan fingerprint density at radius 1 is 1.00 bits per heavy atom. The Kier molecular flexibility index (Phi) is 7.02. The van der Waals surface area contributed by atoms with Crippen LogP contribution in [0, 0.1) is 11.6 Å². The monoisotopic (exact) mass is 549 g/mol. The van der Waals surface area contributed by atoms with Gasteiger partial charge in [0.05, 0.1) is 4.90 Å². The molecule has 1 unspecified atom stereocenters. The van der Waals surface area contributed by atoms with Crippen LogP contribution in [0.3, 0.4) is 0 Å². The van der Waals surface area contributed by atoms with Crippen molar-refractivity contribution in [1.82, 2.24) is 9.62 Å². The highest BCUT2D eigenvalue weighted by Gasteiger charge is 2.37. The largest absolute Gasteiger partial charge is 0.370 e. The van der Waals surface area contributed by atoms with Crippen LogP contribution in [0.4, 0.5) is 14.5 Å². The molecule has 3 aromatic carbocycles. The number of carbonyl (C=O) groups excluding carboxylic acids is 1. The standard InChI is InChI=1S/C28H25F2N5O3S/c1-17(36)32-23-10-12-24(13-11-23)39(37,38)35-15-20(14-18-2-6-21(29)7-3-18)27-25(16-35)26(33-28(31)34-27)19-4-8-22(30)9-5-19/h2-14,26H,15-16H2,1H3,(H,32,36)(H3,31,33,34)/b20-14+. The van der Waals surface area contributed by atoms with Crippen molar-refractivity contribution < 1.29 is 22.0 Å². The minimum absolute atomic E-state index is 0.00229. The molecule has 1 atom stereocenters. The first-order valence-corrected chi connectivity index (χ1v) is 13.5. The van der Waals surface area contributed by atoms with E-state index in [9.17, 15) is 22.0 Å². The molecule has 0 aromatic heterocycles. The summed E-state index contributed by atoms with van der Waals surface area (Å²) in [4.78, 5) is 15.9. The second-order valence-electron chi connectivity index (χ2n) is 9.19. The van der Waals surface area contributed by atoms with E-state index < -0.39 is 27.7 Å². The summed E-state index contributed by atoms with van der Waals surface area (Å²) in [6, 6.07) is 16.9. The summed E-state index contributed by atoms with van der Waals surface area (Å²) >= 11 is 0. The van der Waals surface area contributed by atoms with E-state index in [1.54, 1.807) is 30.3 Å². The van der Waals surface area contributed by atoms with Crippen LogP contribution in [0.25, 0.3) is 6.08 Å². The van der Waals surface area contributed by atoms with Gasteiger partial charge in [-0.05, 0) is 76.9 Å². The molecular weight excluding hydrogens is 524 g/mol. The summed E-state index contributed by atoms with van der Waals surface area (Å²) in [6.45, 7) is 1.36. The second-order valence-corrected chi connectivity index (χ2v) is 11.1. The molecular formula is C28H25F2N5O3S. The fraction of sp³-hybridized carbons (Fsp3) is 0.143. The van der Waals surface area contributed by atoms with Gasteiger partial charge >= 0.3 is 0 Å². The molecule has 0 spiro atoms. The molecule has 2 aliphatic rings. The highest BCUT2D eigenvalue weighted by atomic mass is 32.2. The quantitative estimate of drug-likeness (QED) is 0.446. The van der Waals surface area contributed by atoms with Gasteiger partial charge in [-0.25, -0.2) is 22.2 Å². The molecule has 200 valence electrons. The van der Waals surface area contributed by atoms with Crippen LogP contribution in [-0.4, -0.2) is 37.7 Å². The minimum atomic E-state index is -4.00. The first-order valence-electron chi connectivity index (χ1n) is 12.0. The number of benzene rings is 3. The number of sulfonamides is 1. The van der Waals surface area contributed by atoms with E-state index in [4.69, 9.17) is 5.73 Å². The smallest absolute Gasteiger partial charge is 0.243 e. The molecule has 5 rings (SSSR count). The predicted molar refractivity (Wildman–Crippen MR) is 145 cm³/mol. The maximum absolute atomic E-state index is 13.8. The van der Waals surface area contributed by atoms with Crippen molar-refractivity contribution in [2.24, 2.45) is 10.7 Å². The molecule has 0 aliphatic carbocycles. The fourth-order valence-corrected chi connectivity index (χ4v) is 5.99. The van der Waals surface area contributed by atoms with Gasteiger partial charge in [0.15, 0.2) is 5.96 Å². The summed E-state index contributed by atoms with van der Waals surface area (Å²) in [5.41, 5.74) is 9.77. The number of rotatable bonds is 5. The summed E-state index contributed by atoms with van der Waals surface area (Å²) in [5.74, 6) is -0.937. The van der Waals surface area contributed by atoms with E-state index in [1.165, 1.54) is 59.8 Å². The van der Waals surface area contributed by atoms with Gasteiger partial charge in [0.1, 0.15) is 17.7 Å². The number of nitrogens with zero attached hydrogens (tertiary/aromatic N) is 2. The van der Waals surface area contributed by atoms with Crippen molar-refractivity contribution in [3.05, 3.63) is 112 Å². The Bertz CT molecular complexity index is 1620. The SMILES string of the molecule is CC(=O)Nc1ccc(S(=O)(=O)N2CC3=C(NC(N)=NC3c3ccc(F)cc3)/C(=C/c3ccc(F)cc3)C2)cc1. The molecule has 11 heteroatoms. The van der Waals surface area contributed by atoms with Crippen molar-refractivity contribution in [3.8, 4) is 0 Å². The lowest BCUT2D eigenvalue weighted by molar-refractivity contribution is -0.114. The molecule has 2 aliphatic heterocycles. The summed E-state index contributed by atoms with van der Waals surface area (Å²) < 4.78 is 56.1. The van der Waals surface area contributed by atoms with Gasteiger partial charge in [0, 0.05) is 31.4 Å². The Balaban J connectivity index is 1.59. The average molecular weight is 550 g/mol. The lowest BCUT2D eigenvalue weighted by Gasteiger charge is -2.37. The van der Waals surface area contributed by atoms with E-state index in [0.717, 1.165) is 0 Å². The maximum atomic E-state index is 13.8. The average Bonchev–Trinajstić information content (AvgIpc) is 2.90. The molecule has 0 radical (unpaired) electrons. The van der Waals surface area contributed by atoms with Crippen LogP contribution in [0.5, 0.6) is 0 Å². The number of guanidine groups is 1. The third-order valence-electron chi connectivity index (χ3n) is 6.40. The zero-order chi connectivity index (χ0) is 27.7. The van der Waals surface area contributed by atoms with E-state index >= 15 is 0 Å². The van der Waals surface area contributed by atoms with Gasteiger partial charge in [-0.3, -0.25) is 4.79 Å². The Hall–Kier alpha value is -4.35. The molecule has 0 saturated carbocycles. The van der Waals surface area contributed by atoms with E-state index in [2.05, 4.69) is 15.6 Å². The Morgan fingerprint density at radius 2 is 1.62 bits per heavy atom. The van der Waals surface area contributed by atoms with Crippen LogP contribution in [0.15, 0.2) is 99.5 Å². The molecule has 8 nitrogen and oxygen atoms in total. The van der Waals surface area contributed by atoms with Gasteiger partial charge < -0.3 is 16.4 Å². The summed E-state index contributed by atoms with van der Waals surface area (Å²) in [5, 5.41) is 5.70. The summed E-state index contributed by atoms with van der Waals surface area (Å²) in [6.07, 6.45) is 1.77. The Labute approximate surface area is 224 Å². The van der Waals surface area contributed by atoms with Gasteiger partial charge in [-0.2, -0.15) is 4.31 Å². The third kappa shape index (κ3) is 5.59. The number of amides is 1. The predicted octanol–water partition coefficient (Wildman–Crippen LogP) is 3.92. The second kappa shape index (κ2) is 10.4. The number of nitrogens with two attached hydrogens (primary N) is 1. The van der Waals surface area contributed by atoms with Crippen LogP contribution >= 0.6 is 0 Å². The van der Waals surface area contributed by atoms with Gasteiger partial charge in [-0.1, -0.05) is 24.3 Å². The van der Waals surface area contributed by atoms with Gasteiger partial charge in [0.25, 0.3) is 0 Å². The van der Waals surface area contributed by atoms with Crippen LogP contribution < -0.4 is 16.4 Å². The first-order chi connectivity index (χ1) is 18.6. The molecule has 4 N–H and O–H groups in total. The van der Waals surface area contributed by atoms with Gasteiger partial charge in [0.2, 0.25) is 15.9 Å². The number of hydrogen-bond donors (Lipinski definition) is 3. The highest BCUT2D eigenvalue weighted by Crippen LogP contribution is 2.38. The van der Waals surface area contributed by atoms with Crippen molar-refractivity contribution >= 4 is 33.7 Å². The third-order valence-corrected chi connectivity index (χ3v) is 8.20. The Morgan fingerprint density at radius 3 is 2.23 bits per heavy atom. The van der Waals surface area contributed by atoms with Gasteiger partial charge in [-0.15, -0.1) is 0 Å². The zero-order valence-corrected chi connectivity index (χ0v) is 21.7. The van der Waals surface area contributed by atoms with Crippen LogP contribution in [0.1, 0.15) is 24.1 Å². The molecule has 0 fully saturated rings. The maximum Gasteiger partial charge on any atom is 0.243 e. The molecule has 39 heavy (non-hydrogen) atoms. The first kappa shape index (κ1) is 26.3. The van der Waals surface area contributed by atoms with Crippen molar-refractivity contribution in [1.29, 1.82) is 0 Å². The minimum Gasteiger partial charge on any atom is -0.370 e. The van der Waals surface area contributed by atoms with E-state index in [-0.39, 0.29) is 29.9 Å². The zero-order valence-electron chi connectivity index (χ0n) is 20.9. The number of hydrogen-bond acceptors (Lipinski definition) is 6. The lowest BCUT2D eigenvalue weighted by Crippen LogP contribution is -2.46. The molecule has 0 bridgehead atoms. The highest BCUT2D eigenvalue weighted by molar-refractivity contribution is 7.89. The number of anilines is 1. The van der Waals surface area contributed by atoms with Crippen molar-refractivity contribution in [2.45, 2.75) is 17.9 Å². The fourth-order valence-electron chi connectivity index (χ4n) is 4.59.